The van der Waals surface area contributed by atoms with Crippen molar-refractivity contribution in [2.24, 2.45) is 22.2 Å². The minimum atomic E-state index is -3.07. The van der Waals surface area contributed by atoms with Gasteiger partial charge in [0.2, 0.25) is 11.8 Å². The highest BCUT2D eigenvalue weighted by atomic mass is 31.2. The number of aliphatic imine (C=N–C) groups is 1. The summed E-state index contributed by atoms with van der Waals surface area (Å²) >= 11 is 0. The molecule has 0 spiro atoms. The van der Waals surface area contributed by atoms with E-state index in [0.29, 0.717) is 51.1 Å². The second-order valence-corrected chi connectivity index (χ2v) is 13.8. The van der Waals surface area contributed by atoms with Crippen molar-refractivity contribution in [2.45, 2.75) is 76.0 Å². The van der Waals surface area contributed by atoms with Crippen LogP contribution in [0.5, 0.6) is 0 Å². The average Bonchev–Trinajstić information content (AvgIpc) is 3.50. The number of carbonyl (C=O) groups excluding carboxylic acids is 2. The minimum Gasteiger partial charge on any atom is -0.480 e. The first kappa shape index (κ1) is 37.9. The summed E-state index contributed by atoms with van der Waals surface area (Å²) in [5, 5.41) is 23.0. The van der Waals surface area contributed by atoms with Crippen LogP contribution in [0.3, 0.4) is 0 Å². The molecule has 1 aliphatic heterocycles. The summed E-state index contributed by atoms with van der Waals surface area (Å²) in [7, 11) is -3.07. The van der Waals surface area contributed by atoms with Crippen LogP contribution >= 0.6 is 7.29 Å². The van der Waals surface area contributed by atoms with Crippen molar-refractivity contribution in [1.29, 1.82) is 0 Å². The number of carbonyl (C=O) groups is 4. The Kier molecular flexibility index (Phi) is 15.4. The van der Waals surface area contributed by atoms with Crippen molar-refractivity contribution >= 4 is 37.0 Å². The van der Waals surface area contributed by atoms with E-state index in [9.17, 15) is 23.7 Å². The van der Waals surface area contributed by atoms with Gasteiger partial charge in [-0.1, -0.05) is 60.7 Å². The molecule has 0 saturated carbocycles. The van der Waals surface area contributed by atoms with Crippen molar-refractivity contribution in [1.82, 2.24) is 15.3 Å². The lowest BCUT2D eigenvalue weighted by Gasteiger charge is -2.30. The number of guanidine groups is 1. The van der Waals surface area contributed by atoms with Crippen molar-refractivity contribution in [3.63, 3.8) is 0 Å². The third kappa shape index (κ3) is 13.0. The maximum Gasteiger partial charge on any atom is 0.325 e. The molecule has 1 fully saturated rings. The van der Waals surface area contributed by atoms with Gasteiger partial charge in [0.25, 0.3) is 0 Å². The fourth-order valence-electron chi connectivity index (χ4n) is 4.88. The first-order chi connectivity index (χ1) is 21.7. The molecule has 4 atom stereocenters. The molecule has 15 heteroatoms. The van der Waals surface area contributed by atoms with E-state index < -0.39 is 49.3 Å². The van der Waals surface area contributed by atoms with E-state index in [1.807, 2.05) is 60.7 Å². The highest BCUT2D eigenvalue weighted by molar-refractivity contribution is 7.60. The number of nitrogens with one attached hydrogen (secondary N) is 2. The summed E-state index contributed by atoms with van der Waals surface area (Å²) in [6.45, 7) is 3.86. The fraction of sp³-hybridized carbons (Fsp3) is 0.452. The molecule has 1 aliphatic rings. The van der Waals surface area contributed by atoms with Gasteiger partial charge in [-0.2, -0.15) is 0 Å². The molecule has 0 radical (unpaired) electrons. The number of hydrogen-bond acceptors (Lipinski definition) is 7. The Labute approximate surface area is 269 Å². The second kappa shape index (κ2) is 18.6. The number of rotatable bonds is 15. The summed E-state index contributed by atoms with van der Waals surface area (Å²) in [5.41, 5.74) is 17.1. The van der Waals surface area contributed by atoms with E-state index in [-0.39, 0.29) is 11.9 Å². The molecule has 1 saturated heterocycles. The third-order valence-corrected chi connectivity index (χ3v) is 9.82. The molecule has 10 N–H and O–H groups in total. The number of aliphatic carboxylic acids is 2. The summed E-state index contributed by atoms with van der Waals surface area (Å²) in [6.07, 6.45) is 2.64. The van der Waals surface area contributed by atoms with Gasteiger partial charge in [-0.25, -0.2) is 0 Å². The van der Waals surface area contributed by atoms with Gasteiger partial charge in [0, 0.05) is 25.4 Å². The van der Waals surface area contributed by atoms with Crippen LogP contribution in [0.25, 0.3) is 0 Å². The van der Waals surface area contributed by atoms with E-state index in [1.165, 1.54) is 11.8 Å². The quantitative estimate of drug-likeness (QED) is 0.0627. The highest BCUT2D eigenvalue weighted by Crippen LogP contribution is 2.49. The predicted molar refractivity (Wildman–Crippen MR) is 176 cm³/mol. The van der Waals surface area contributed by atoms with E-state index in [1.54, 1.807) is 6.92 Å². The van der Waals surface area contributed by atoms with Crippen LogP contribution in [-0.2, 0) is 36.1 Å². The lowest BCUT2D eigenvalue weighted by Crippen LogP contribution is -2.53. The van der Waals surface area contributed by atoms with Crippen molar-refractivity contribution in [3.8, 4) is 0 Å². The first-order valence-electron chi connectivity index (χ1n) is 15.0. The maximum absolute atomic E-state index is 14.1. The van der Waals surface area contributed by atoms with Crippen molar-refractivity contribution in [2.75, 3.05) is 13.1 Å². The Bertz CT molecular complexity index is 1330. The lowest BCUT2D eigenvalue weighted by molar-refractivity contribution is -0.143. The van der Waals surface area contributed by atoms with Crippen LogP contribution in [-0.4, -0.2) is 82.1 Å². The second-order valence-electron chi connectivity index (χ2n) is 11.2. The van der Waals surface area contributed by atoms with Crippen LogP contribution in [0.1, 0.15) is 50.7 Å². The Morgan fingerprint density at radius 1 is 0.935 bits per heavy atom. The Morgan fingerprint density at radius 2 is 1.48 bits per heavy atom. The fourth-order valence-corrected chi connectivity index (χ4v) is 7.59. The van der Waals surface area contributed by atoms with E-state index in [2.05, 4.69) is 15.4 Å². The van der Waals surface area contributed by atoms with Crippen LogP contribution in [0.15, 0.2) is 65.7 Å². The molecule has 14 nitrogen and oxygen atoms in total. The summed E-state index contributed by atoms with van der Waals surface area (Å²) in [4.78, 5) is 52.4. The normalized spacial score (nSPS) is 16.2. The Hall–Kier alpha value is -4.26. The number of carboxylic acid groups (broad SMARTS) is 2. The molecule has 3 rings (SSSR count). The zero-order valence-corrected chi connectivity index (χ0v) is 27.1. The molecule has 2 aromatic carbocycles. The standard InChI is InChI=1S/C25H32N3O5P.C6H14N4O2/c1-18(24(30)28-15-9-14-22(28)23(29)26-19(2)25(31)32)27-34(33,16-20-10-5-3-6-11-20)17-21-12-7-4-8-13-21;7-4(5(11)12)2-1-3-10-6(8)9/h3-8,10-13,18-19,22H,9,14-17H2,1-2H3,(H,26,29)(H,27,33)(H,31,32);4H,1-3,7H2,(H,11,12)(H4,8,9,10)/t18-,19-,22-;4-/m00/s1. The van der Waals surface area contributed by atoms with Gasteiger partial charge in [0.15, 0.2) is 13.3 Å². The van der Waals surface area contributed by atoms with Crippen LogP contribution in [0.4, 0.5) is 0 Å². The predicted octanol–water partition coefficient (Wildman–Crippen LogP) is 1.68. The molecule has 0 aromatic heterocycles. The topological polar surface area (TPSA) is 244 Å². The maximum atomic E-state index is 14.1. The monoisotopic (exact) mass is 659 g/mol. The number of hydrogen-bond donors (Lipinski definition) is 7. The molecular weight excluding hydrogens is 613 g/mol. The molecule has 0 unspecified atom stereocenters. The van der Waals surface area contributed by atoms with Gasteiger partial charge in [0.1, 0.15) is 18.1 Å². The van der Waals surface area contributed by atoms with E-state index in [0.717, 1.165) is 11.1 Å². The summed E-state index contributed by atoms with van der Waals surface area (Å²) in [6, 6.07) is 15.6. The number of carboxylic acids is 2. The summed E-state index contributed by atoms with van der Waals surface area (Å²) < 4.78 is 14.1. The van der Waals surface area contributed by atoms with Crippen LogP contribution in [0, 0.1) is 0 Å². The molecule has 46 heavy (non-hydrogen) atoms. The molecule has 2 aromatic rings. The number of nitrogens with two attached hydrogens (primary N) is 3. The Morgan fingerprint density at radius 3 is 1.96 bits per heavy atom. The molecule has 0 aliphatic carbocycles. The van der Waals surface area contributed by atoms with E-state index >= 15 is 0 Å². The average molecular weight is 660 g/mol. The zero-order valence-electron chi connectivity index (χ0n) is 26.2. The Balaban J connectivity index is 0.000000521. The van der Waals surface area contributed by atoms with Gasteiger partial charge < -0.3 is 42.2 Å². The highest BCUT2D eigenvalue weighted by Gasteiger charge is 2.38. The van der Waals surface area contributed by atoms with Gasteiger partial charge in [-0.05, 0) is 50.7 Å². The molecule has 252 valence electrons. The van der Waals surface area contributed by atoms with Crippen LogP contribution in [0.2, 0.25) is 0 Å². The third-order valence-electron chi connectivity index (χ3n) is 7.21. The minimum absolute atomic E-state index is 0.0129. The lowest BCUT2D eigenvalue weighted by atomic mass is 10.1. The first-order valence-corrected chi connectivity index (χ1v) is 17.1. The summed E-state index contributed by atoms with van der Waals surface area (Å²) in [5.74, 6) is -2.92. The van der Waals surface area contributed by atoms with Crippen molar-refractivity contribution in [3.05, 3.63) is 71.8 Å². The number of amides is 2. The number of nitrogens with zero attached hydrogens (tertiary/aromatic N) is 2. The smallest absolute Gasteiger partial charge is 0.325 e. The van der Waals surface area contributed by atoms with E-state index in [4.69, 9.17) is 27.4 Å². The number of benzene rings is 2. The zero-order chi connectivity index (χ0) is 34.3. The number of likely N-dealkylation sites (tertiary alicyclic amines) is 1. The molecule has 0 bridgehead atoms. The van der Waals surface area contributed by atoms with Gasteiger partial charge in [0.05, 0.1) is 6.04 Å². The van der Waals surface area contributed by atoms with Gasteiger partial charge in [-0.3, -0.25) is 29.3 Å². The SMILES string of the molecule is C[C@H](NC(=O)[C@@H]1CCCN1C(=O)[C@H](C)NP(=O)(Cc1ccccc1)Cc1ccccc1)C(=O)O.NC(N)=NCCC[C@H](N)C(=O)O. The largest absolute Gasteiger partial charge is 0.480 e. The van der Waals surface area contributed by atoms with Gasteiger partial charge >= 0.3 is 11.9 Å². The molecule has 2 amide bonds. The van der Waals surface area contributed by atoms with Gasteiger partial charge in [-0.15, -0.1) is 0 Å². The van der Waals surface area contributed by atoms with Crippen molar-refractivity contribution < 1.29 is 34.0 Å². The molecule has 1 heterocycles. The van der Waals surface area contributed by atoms with Crippen LogP contribution < -0.4 is 27.6 Å². The molecular formula is C31H46N7O7P.